The lowest BCUT2D eigenvalue weighted by atomic mass is 9.99. The summed E-state index contributed by atoms with van der Waals surface area (Å²) in [4.78, 5) is 4.45. The van der Waals surface area contributed by atoms with Crippen molar-refractivity contribution < 1.29 is 0 Å². The van der Waals surface area contributed by atoms with Crippen LogP contribution in [0.1, 0.15) is 6.92 Å². The predicted octanol–water partition coefficient (Wildman–Crippen LogP) is 0.855. The minimum atomic E-state index is 0.172. The summed E-state index contributed by atoms with van der Waals surface area (Å²) in [5, 5.41) is 3.06. The molecule has 0 aromatic rings. The van der Waals surface area contributed by atoms with Crippen LogP contribution in [0.3, 0.4) is 0 Å². The van der Waals surface area contributed by atoms with Gasteiger partial charge in [0.1, 0.15) is 0 Å². The van der Waals surface area contributed by atoms with E-state index in [1.165, 1.54) is 0 Å². The van der Waals surface area contributed by atoms with Gasteiger partial charge >= 0.3 is 0 Å². The highest BCUT2D eigenvalue weighted by Gasteiger charge is 2.14. The summed E-state index contributed by atoms with van der Waals surface area (Å²) in [6, 6.07) is 0.225. The van der Waals surface area contributed by atoms with Crippen molar-refractivity contribution >= 4 is 5.71 Å². The van der Waals surface area contributed by atoms with E-state index >= 15 is 0 Å². The highest BCUT2D eigenvalue weighted by atomic mass is 14.9. The number of hydrogen-bond donors (Lipinski definition) is 1. The molecule has 12 heavy (non-hydrogen) atoms. The third kappa shape index (κ3) is 1.96. The summed E-state index contributed by atoms with van der Waals surface area (Å²) in [6.45, 7) is 2.86. The number of nitrogens with one attached hydrogen (secondary N) is 1. The van der Waals surface area contributed by atoms with E-state index in [9.17, 15) is 0 Å². The number of aliphatic imine (C=N–C) groups is 1. The van der Waals surface area contributed by atoms with Gasteiger partial charge in [-0.3, -0.25) is 4.99 Å². The number of dihydropyridines is 1. The van der Waals surface area contributed by atoms with Gasteiger partial charge in [-0.2, -0.15) is 0 Å². The standard InChI is InChI=1S/C10H14N2/c1-4-9-5-6-10(7-11-3)12-8(9)2/h1,5-6,8-9,11H,7H2,2-3H3. The molecular formula is C10H14N2. The van der Waals surface area contributed by atoms with Crippen LogP contribution in [-0.2, 0) is 0 Å². The van der Waals surface area contributed by atoms with Gasteiger partial charge in [-0.15, -0.1) is 6.42 Å². The molecule has 0 saturated heterocycles. The molecule has 0 fully saturated rings. The fourth-order valence-corrected chi connectivity index (χ4v) is 1.24. The molecule has 2 atom stereocenters. The predicted molar refractivity (Wildman–Crippen MR) is 52.3 cm³/mol. The average Bonchev–Trinajstić information content (AvgIpc) is 2.05. The van der Waals surface area contributed by atoms with E-state index in [4.69, 9.17) is 6.42 Å². The quantitative estimate of drug-likeness (QED) is 0.598. The Morgan fingerprint density at radius 2 is 2.50 bits per heavy atom. The molecule has 1 heterocycles. The summed E-state index contributed by atoms with van der Waals surface area (Å²) in [6.07, 6.45) is 9.37. The van der Waals surface area contributed by atoms with Gasteiger partial charge in [0.2, 0.25) is 0 Å². The zero-order valence-corrected chi connectivity index (χ0v) is 7.54. The van der Waals surface area contributed by atoms with Gasteiger partial charge in [0.15, 0.2) is 0 Å². The molecule has 2 unspecified atom stereocenters. The smallest absolute Gasteiger partial charge is 0.0647 e. The molecule has 64 valence electrons. The van der Waals surface area contributed by atoms with Gasteiger partial charge in [-0.05, 0) is 20.0 Å². The van der Waals surface area contributed by atoms with Crippen molar-refractivity contribution in [2.75, 3.05) is 13.6 Å². The lowest BCUT2D eigenvalue weighted by Crippen LogP contribution is -2.24. The molecule has 0 aromatic carbocycles. The van der Waals surface area contributed by atoms with Crippen LogP contribution in [0.15, 0.2) is 17.1 Å². The van der Waals surface area contributed by atoms with Crippen molar-refractivity contribution in [3.05, 3.63) is 12.2 Å². The number of nitrogens with zero attached hydrogens (tertiary/aromatic N) is 1. The van der Waals surface area contributed by atoms with Gasteiger partial charge in [0, 0.05) is 12.3 Å². The Morgan fingerprint density at radius 3 is 3.00 bits per heavy atom. The van der Waals surface area contributed by atoms with E-state index < -0.39 is 0 Å². The molecule has 0 spiro atoms. The van der Waals surface area contributed by atoms with Crippen LogP contribution in [0.5, 0.6) is 0 Å². The Bertz CT molecular complexity index is 245. The largest absolute Gasteiger partial charge is 0.314 e. The van der Waals surface area contributed by atoms with Crippen LogP contribution in [0.25, 0.3) is 0 Å². The second kappa shape index (κ2) is 4.08. The van der Waals surface area contributed by atoms with Gasteiger partial charge in [0.05, 0.1) is 12.0 Å². The minimum Gasteiger partial charge on any atom is -0.314 e. The summed E-state index contributed by atoms with van der Waals surface area (Å²) < 4.78 is 0. The fourth-order valence-electron chi connectivity index (χ4n) is 1.24. The summed E-state index contributed by atoms with van der Waals surface area (Å²) in [5.41, 5.74) is 1.08. The first-order chi connectivity index (χ1) is 5.77. The maximum absolute atomic E-state index is 5.33. The van der Waals surface area contributed by atoms with E-state index in [1.807, 2.05) is 26.1 Å². The number of hydrogen-bond acceptors (Lipinski definition) is 2. The second-order valence-corrected chi connectivity index (χ2v) is 2.94. The Balaban J connectivity index is 2.64. The van der Waals surface area contributed by atoms with E-state index in [0.717, 1.165) is 12.3 Å². The molecule has 0 amide bonds. The Kier molecular flexibility index (Phi) is 3.07. The van der Waals surface area contributed by atoms with Crippen LogP contribution in [-0.4, -0.2) is 25.3 Å². The van der Waals surface area contributed by atoms with E-state index in [1.54, 1.807) is 0 Å². The first kappa shape index (κ1) is 9.02. The number of terminal acetylenes is 1. The van der Waals surface area contributed by atoms with Crippen LogP contribution < -0.4 is 5.32 Å². The Labute approximate surface area is 73.8 Å². The summed E-state index contributed by atoms with van der Waals surface area (Å²) in [7, 11) is 1.91. The summed E-state index contributed by atoms with van der Waals surface area (Å²) in [5.74, 6) is 2.87. The van der Waals surface area contributed by atoms with Crippen molar-refractivity contribution in [1.82, 2.24) is 5.32 Å². The number of rotatable bonds is 2. The molecule has 0 aromatic heterocycles. The van der Waals surface area contributed by atoms with Crippen molar-refractivity contribution in [1.29, 1.82) is 0 Å². The zero-order valence-electron chi connectivity index (χ0n) is 7.54. The van der Waals surface area contributed by atoms with Gasteiger partial charge in [-0.1, -0.05) is 12.0 Å². The molecule has 1 aliphatic heterocycles. The fraction of sp³-hybridized carbons (Fsp3) is 0.500. The summed E-state index contributed by atoms with van der Waals surface area (Å²) >= 11 is 0. The maximum atomic E-state index is 5.33. The van der Waals surface area contributed by atoms with Crippen molar-refractivity contribution in [2.24, 2.45) is 10.9 Å². The Morgan fingerprint density at radius 1 is 1.75 bits per heavy atom. The van der Waals surface area contributed by atoms with E-state index in [0.29, 0.717) is 0 Å². The third-order valence-electron chi connectivity index (χ3n) is 1.94. The molecule has 0 aliphatic carbocycles. The topological polar surface area (TPSA) is 24.4 Å². The Hall–Kier alpha value is -1.07. The van der Waals surface area contributed by atoms with Crippen LogP contribution in [0.4, 0.5) is 0 Å². The molecule has 0 saturated carbocycles. The lowest BCUT2D eigenvalue weighted by Gasteiger charge is -2.17. The van der Waals surface area contributed by atoms with E-state index in [2.05, 4.69) is 16.2 Å². The van der Waals surface area contributed by atoms with E-state index in [-0.39, 0.29) is 12.0 Å². The van der Waals surface area contributed by atoms with Crippen LogP contribution in [0.2, 0.25) is 0 Å². The van der Waals surface area contributed by atoms with Crippen molar-refractivity contribution in [2.45, 2.75) is 13.0 Å². The molecule has 0 bridgehead atoms. The minimum absolute atomic E-state index is 0.172. The highest BCUT2D eigenvalue weighted by molar-refractivity contribution is 5.97. The van der Waals surface area contributed by atoms with Crippen LogP contribution >= 0.6 is 0 Å². The zero-order chi connectivity index (χ0) is 8.97. The molecule has 1 aliphatic rings. The molecule has 2 heteroatoms. The van der Waals surface area contributed by atoms with Gasteiger partial charge < -0.3 is 5.32 Å². The second-order valence-electron chi connectivity index (χ2n) is 2.94. The monoisotopic (exact) mass is 162 g/mol. The molecule has 2 nitrogen and oxygen atoms in total. The molecule has 1 rings (SSSR count). The lowest BCUT2D eigenvalue weighted by molar-refractivity contribution is 0.645. The van der Waals surface area contributed by atoms with Gasteiger partial charge in [-0.25, -0.2) is 0 Å². The third-order valence-corrected chi connectivity index (χ3v) is 1.94. The first-order valence-electron chi connectivity index (χ1n) is 4.13. The normalized spacial score (nSPS) is 27.9. The molecular weight excluding hydrogens is 148 g/mol. The molecule has 1 N–H and O–H groups in total. The SMILES string of the molecule is C#CC1C=CC(CNC)=NC1C. The van der Waals surface area contributed by atoms with Crippen molar-refractivity contribution in [3.63, 3.8) is 0 Å². The highest BCUT2D eigenvalue weighted by Crippen LogP contribution is 2.13. The average molecular weight is 162 g/mol. The van der Waals surface area contributed by atoms with Crippen molar-refractivity contribution in [3.8, 4) is 12.3 Å². The first-order valence-corrected chi connectivity index (χ1v) is 4.13. The maximum Gasteiger partial charge on any atom is 0.0647 e. The molecule has 0 radical (unpaired) electrons. The van der Waals surface area contributed by atoms with Gasteiger partial charge in [0.25, 0.3) is 0 Å². The van der Waals surface area contributed by atoms with Crippen LogP contribution in [0, 0.1) is 18.3 Å².